The van der Waals surface area contributed by atoms with Crippen molar-refractivity contribution in [2.24, 2.45) is 5.92 Å². The zero-order chi connectivity index (χ0) is 13.8. The zero-order valence-corrected chi connectivity index (χ0v) is 12.3. The fourth-order valence-electron chi connectivity index (χ4n) is 2.14. The molecule has 19 heavy (non-hydrogen) atoms. The van der Waals surface area contributed by atoms with E-state index in [4.69, 9.17) is 0 Å². The third-order valence-corrected chi connectivity index (χ3v) is 3.41. The van der Waals surface area contributed by atoms with Gasteiger partial charge in [0, 0.05) is 33.7 Å². The summed E-state index contributed by atoms with van der Waals surface area (Å²) in [6.45, 7) is 7.22. The van der Waals surface area contributed by atoms with Crippen LogP contribution in [-0.4, -0.2) is 48.7 Å². The maximum absolute atomic E-state index is 4.55. The molecule has 1 N–H and O–H groups in total. The Morgan fingerprint density at radius 2 is 1.89 bits per heavy atom. The van der Waals surface area contributed by atoms with Crippen LogP contribution in [0.1, 0.15) is 26.7 Å². The largest absolute Gasteiger partial charge is 0.354 e. The quantitative estimate of drug-likeness (QED) is 0.891. The van der Waals surface area contributed by atoms with E-state index in [1.165, 1.54) is 12.8 Å². The summed E-state index contributed by atoms with van der Waals surface area (Å²) in [6.07, 6.45) is 2.42. The molecule has 2 heterocycles. The minimum absolute atomic E-state index is 0.662. The van der Waals surface area contributed by atoms with Crippen LogP contribution in [0.2, 0.25) is 0 Å². The number of hydrogen-bond acceptors (Lipinski definition) is 6. The Hall–Kier alpha value is -1.59. The van der Waals surface area contributed by atoms with Crippen LogP contribution in [0.5, 0.6) is 0 Å². The van der Waals surface area contributed by atoms with Gasteiger partial charge in [0.05, 0.1) is 0 Å². The van der Waals surface area contributed by atoms with E-state index >= 15 is 0 Å². The molecule has 0 aliphatic carbocycles. The highest BCUT2D eigenvalue weighted by molar-refractivity contribution is 5.44. The Morgan fingerprint density at radius 1 is 1.21 bits per heavy atom. The van der Waals surface area contributed by atoms with Crippen molar-refractivity contribution in [3.8, 4) is 0 Å². The smallest absolute Gasteiger partial charge is 0.231 e. The average molecular weight is 264 g/mol. The van der Waals surface area contributed by atoms with Crippen molar-refractivity contribution in [2.75, 3.05) is 48.8 Å². The Bertz CT molecular complexity index is 412. The Kier molecular flexibility index (Phi) is 4.39. The molecule has 0 spiro atoms. The van der Waals surface area contributed by atoms with Crippen LogP contribution in [0.3, 0.4) is 0 Å². The van der Waals surface area contributed by atoms with Gasteiger partial charge in [-0.25, -0.2) is 0 Å². The number of nitrogens with one attached hydrogen (secondary N) is 1. The van der Waals surface area contributed by atoms with E-state index in [0.29, 0.717) is 11.9 Å². The molecule has 0 radical (unpaired) electrons. The topological polar surface area (TPSA) is 57.2 Å². The molecular formula is C13H24N6. The van der Waals surface area contributed by atoms with Gasteiger partial charge in [0.2, 0.25) is 17.8 Å². The van der Waals surface area contributed by atoms with Crippen LogP contribution >= 0.6 is 0 Å². The molecule has 0 saturated carbocycles. The molecule has 1 fully saturated rings. The van der Waals surface area contributed by atoms with Gasteiger partial charge in [-0.1, -0.05) is 6.92 Å². The summed E-state index contributed by atoms with van der Waals surface area (Å²) in [5, 5.41) is 3.18. The van der Waals surface area contributed by atoms with Crippen molar-refractivity contribution in [1.82, 2.24) is 15.0 Å². The third-order valence-electron chi connectivity index (χ3n) is 3.41. The standard InChI is InChI=1S/C13H24N6/c1-5-14-11-15-12(18(3)4)17-13(16-11)19-8-6-10(2)7-9-19/h10H,5-9H2,1-4H3,(H,14,15,16,17). The highest BCUT2D eigenvalue weighted by atomic mass is 15.3. The van der Waals surface area contributed by atoms with E-state index in [-0.39, 0.29) is 0 Å². The van der Waals surface area contributed by atoms with Crippen molar-refractivity contribution in [3.63, 3.8) is 0 Å². The second-order valence-electron chi connectivity index (χ2n) is 5.35. The molecule has 106 valence electrons. The molecule has 0 aromatic carbocycles. The lowest BCUT2D eigenvalue weighted by molar-refractivity contribution is 0.434. The van der Waals surface area contributed by atoms with E-state index < -0.39 is 0 Å². The summed E-state index contributed by atoms with van der Waals surface area (Å²) < 4.78 is 0. The van der Waals surface area contributed by atoms with Crippen molar-refractivity contribution in [3.05, 3.63) is 0 Å². The molecule has 6 nitrogen and oxygen atoms in total. The summed E-state index contributed by atoms with van der Waals surface area (Å²) in [5.41, 5.74) is 0. The highest BCUT2D eigenvalue weighted by Crippen LogP contribution is 2.22. The minimum atomic E-state index is 0.662. The number of hydrogen-bond donors (Lipinski definition) is 1. The normalized spacial score (nSPS) is 16.5. The third kappa shape index (κ3) is 3.45. The second kappa shape index (κ2) is 6.04. The summed E-state index contributed by atoms with van der Waals surface area (Å²) in [6, 6.07) is 0. The fourth-order valence-corrected chi connectivity index (χ4v) is 2.14. The van der Waals surface area contributed by atoms with Crippen LogP contribution in [0, 0.1) is 5.92 Å². The number of aromatic nitrogens is 3. The molecule has 1 aromatic heterocycles. The predicted molar refractivity (Wildman–Crippen MR) is 78.9 cm³/mol. The van der Waals surface area contributed by atoms with E-state index in [9.17, 15) is 0 Å². The van der Waals surface area contributed by atoms with Crippen molar-refractivity contribution in [2.45, 2.75) is 26.7 Å². The number of piperidine rings is 1. The lowest BCUT2D eigenvalue weighted by Gasteiger charge is -2.30. The van der Waals surface area contributed by atoms with E-state index in [1.54, 1.807) is 0 Å². The molecule has 6 heteroatoms. The lowest BCUT2D eigenvalue weighted by atomic mass is 10.00. The summed E-state index contributed by atoms with van der Waals surface area (Å²) in [4.78, 5) is 17.6. The summed E-state index contributed by atoms with van der Waals surface area (Å²) in [7, 11) is 3.90. The predicted octanol–water partition coefficient (Wildman–Crippen LogP) is 1.61. The van der Waals surface area contributed by atoms with Crippen molar-refractivity contribution in [1.29, 1.82) is 0 Å². The van der Waals surface area contributed by atoms with Gasteiger partial charge in [0.25, 0.3) is 0 Å². The van der Waals surface area contributed by atoms with Crippen LogP contribution in [-0.2, 0) is 0 Å². The maximum atomic E-state index is 4.55. The van der Waals surface area contributed by atoms with Crippen LogP contribution in [0.15, 0.2) is 0 Å². The molecule has 1 aliphatic heterocycles. The van der Waals surface area contributed by atoms with Gasteiger partial charge >= 0.3 is 0 Å². The zero-order valence-electron chi connectivity index (χ0n) is 12.3. The van der Waals surface area contributed by atoms with Crippen LogP contribution in [0.4, 0.5) is 17.8 Å². The van der Waals surface area contributed by atoms with Gasteiger partial charge in [0.1, 0.15) is 0 Å². The van der Waals surface area contributed by atoms with E-state index in [1.807, 2.05) is 25.9 Å². The van der Waals surface area contributed by atoms with Crippen molar-refractivity contribution >= 4 is 17.8 Å². The second-order valence-corrected chi connectivity index (χ2v) is 5.35. The average Bonchev–Trinajstić information content (AvgIpc) is 2.39. The first-order valence-corrected chi connectivity index (χ1v) is 7.02. The molecular weight excluding hydrogens is 240 g/mol. The molecule has 1 aromatic rings. The van der Waals surface area contributed by atoms with E-state index in [2.05, 4.69) is 32.1 Å². The fraction of sp³-hybridized carbons (Fsp3) is 0.769. The van der Waals surface area contributed by atoms with Gasteiger partial charge in [-0.15, -0.1) is 0 Å². The molecule has 1 saturated heterocycles. The minimum Gasteiger partial charge on any atom is -0.354 e. The molecule has 2 rings (SSSR count). The number of nitrogens with zero attached hydrogens (tertiary/aromatic N) is 5. The Morgan fingerprint density at radius 3 is 2.47 bits per heavy atom. The molecule has 0 bridgehead atoms. The number of anilines is 3. The highest BCUT2D eigenvalue weighted by Gasteiger charge is 2.19. The summed E-state index contributed by atoms with van der Waals surface area (Å²) >= 11 is 0. The summed E-state index contributed by atoms with van der Waals surface area (Å²) in [5.74, 6) is 2.97. The van der Waals surface area contributed by atoms with Gasteiger partial charge in [-0.3, -0.25) is 0 Å². The first kappa shape index (κ1) is 13.8. The first-order chi connectivity index (χ1) is 9.10. The number of rotatable bonds is 4. The van der Waals surface area contributed by atoms with Gasteiger partial charge in [-0.2, -0.15) is 15.0 Å². The monoisotopic (exact) mass is 264 g/mol. The van der Waals surface area contributed by atoms with Gasteiger partial charge < -0.3 is 15.1 Å². The molecule has 1 aliphatic rings. The van der Waals surface area contributed by atoms with Crippen LogP contribution < -0.4 is 15.1 Å². The van der Waals surface area contributed by atoms with Gasteiger partial charge in [0.15, 0.2) is 0 Å². The SMILES string of the molecule is CCNc1nc(N(C)C)nc(N2CCC(C)CC2)n1. The Labute approximate surface area is 115 Å². The molecule has 0 unspecified atom stereocenters. The maximum Gasteiger partial charge on any atom is 0.231 e. The molecule has 0 atom stereocenters. The van der Waals surface area contributed by atoms with E-state index in [0.717, 1.165) is 31.5 Å². The van der Waals surface area contributed by atoms with Crippen molar-refractivity contribution < 1.29 is 0 Å². The lowest BCUT2D eigenvalue weighted by Crippen LogP contribution is -2.34. The van der Waals surface area contributed by atoms with Gasteiger partial charge in [-0.05, 0) is 25.7 Å². The molecule has 0 amide bonds. The Balaban J connectivity index is 2.23. The van der Waals surface area contributed by atoms with Crippen LogP contribution in [0.25, 0.3) is 0 Å². The first-order valence-electron chi connectivity index (χ1n) is 7.02.